The molecule has 0 aliphatic heterocycles. The molecule has 0 unspecified atom stereocenters. The number of carboxylic acids is 1. The first kappa shape index (κ1) is 10.7. The lowest BCUT2D eigenvalue weighted by Gasteiger charge is -2.10. The van der Waals surface area contributed by atoms with Gasteiger partial charge in [-0.2, -0.15) is 0 Å². The minimum absolute atomic E-state index is 0.435. The van der Waals surface area contributed by atoms with Crippen LogP contribution in [0.1, 0.15) is 16.7 Å². The fourth-order valence-corrected chi connectivity index (χ4v) is 1.55. The third kappa shape index (κ3) is 2.85. The lowest BCUT2D eigenvalue weighted by molar-refractivity contribution is -0.437. The highest BCUT2D eigenvalue weighted by molar-refractivity contribution is 5.69. The molecule has 0 aliphatic rings. The van der Waals surface area contributed by atoms with E-state index in [0.29, 0.717) is 6.42 Å². The zero-order valence-electron chi connectivity index (χ0n) is 8.54. The average molecular weight is 193 g/mol. The molecule has 1 rings (SSSR count). The third-order valence-corrected chi connectivity index (χ3v) is 2.10. The predicted molar refractivity (Wildman–Crippen MR) is 51.3 cm³/mol. The normalized spacial score (nSPS) is 12.5. The van der Waals surface area contributed by atoms with Crippen molar-refractivity contribution in [1.82, 2.24) is 0 Å². The highest BCUT2D eigenvalue weighted by atomic mass is 16.4. The quantitative estimate of drug-likeness (QED) is 0.683. The second kappa shape index (κ2) is 4.24. The fourth-order valence-electron chi connectivity index (χ4n) is 1.55. The van der Waals surface area contributed by atoms with E-state index in [2.05, 4.69) is 11.8 Å². The monoisotopic (exact) mass is 193 g/mol. The molecule has 1 aromatic carbocycles. The van der Waals surface area contributed by atoms with E-state index in [0.717, 1.165) is 16.7 Å². The van der Waals surface area contributed by atoms with E-state index >= 15 is 0 Å². The summed E-state index contributed by atoms with van der Waals surface area (Å²) in [5.41, 5.74) is 6.82. The summed E-state index contributed by atoms with van der Waals surface area (Å²) in [5, 5.41) is 10.5. The van der Waals surface area contributed by atoms with Crippen LogP contribution in [-0.4, -0.2) is 12.0 Å². The summed E-state index contributed by atoms with van der Waals surface area (Å²) < 4.78 is 0. The molecule has 0 amide bonds. The average Bonchev–Trinajstić information content (AvgIpc) is 2.01. The summed E-state index contributed by atoms with van der Waals surface area (Å²) in [6.07, 6.45) is 0.435. The van der Waals surface area contributed by atoms with Crippen LogP contribution < -0.4 is 10.8 Å². The molecule has 76 valence electrons. The molecule has 0 radical (unpaired) electrons. The zero-order chi connectivity index (χ0) is 10.7. The maximum Gasteiger partial charge on any atom is 0.129 e. The van der Waals surface area contributed by atoms with Gasteiger partial charge in [0.2, 0.25) is 0 Å². The van der Waals surface area contributed by atoms with Gasteiger partial charge in [0.1, 0.15) is 6.04 Å². The highest BCUT2D eigenvalue weighted by Crippen LogP contribution is 2.09. The first-order valence-electron chi connectivity index (χ1n) is 4.60. The summed E-state index contributed by atoms with van der Waals surface area (Å²) in [7, 11) is 0. The van der Waals surface area contributed by atoms with E-state index < -0.39 is 12.0 Å². The molecule has 0 aliphatic carbocycles. The Labute approximate surface area is 83.6 Å². The van der Waals surface area contributed by atoms with Crippen molar-refractivity contribution in [1.29, 1.82) is 0 Å². The van der Waals surface area contributed by atoms with E-state index in [4.69, 9.17) is 0 Å². The van der Waals surface area contributed by atoms with Crippen LogP contribution in [0.5, 0.6) is 0 Å². The van der Waals surface area contributed by atoms with E-state index in [9.17, 15) is 9.90 Å². The van der Waals surface area contributed by atoms with Gasteiger partial charge in [-0.15, -0.1) is 0 Å². The summed E-state index contributed by atoms with van der Waals surface area (Å²) >= 11 is 0. The van der Waals surface area contributed by atoms with Crippen LogP contribution in [0, 0.1) is 13.8 Å². The van der Waals surface area contributed by atoms with E-state index in [-0.39, 0.29) is 0 Å². The standard InChI is InChI=1S/C11H15NO2/c1-7-3-8(2)5-9(4-7)6-10(12)11(13)14/h3-5,10H,6,12H2,1-2H3,(H,13,14)/t10-/m1/s1. The van der Waals surface area contributed by atoms with Crippen LogP contribution in [-0.2, 0) is 11.2 Å². The molecule has 0 heterocycles. The molecule has 3 N–H and O–H groups in total. The Morgan fingerprint density at radius 1 is 1.36 bits per heavy atom. The van der Waals surface area contributed by atoms with Crippen LogP contribution in [0.15, 0.2) is 18.2 Å². The summed E-state index contributed by atoms with van der Waals surface area (Å²) in [5.74, 6) is -1.09. The molecule has 0 fully saturated rings. The lowest BCUT2D eigenvalue weighted by atomic mass is 10.0. The smallest absolute Gasteiger partial charge is 0.129 e. The van der Waals surface area contributed by atoms with Crippen LogP contribution in [0.25, 0.3) is 0 Å². The van der Waals surface area contributed by atoms with Crippen molar-refractivity contribution in [3.05, 3.63) is 34.9 Å². The molecule has 0 aromatic heterocycles. The van der Waals surface area contributed by atoms with Gasteiger partial charge in [-0.05, 0) is 19.4 Å². The van der Waals surface area contributed by atoms with Crippen molar-refractivity contribution >= 4 is 5.97 Å². The molecular weight excluding hydrogens is 178 g/mol. The second-order valence-corrected chi connectivity index (χ2v) is 3.72. The van der Waals surface area contributed by atoms with E-state index in [1.165, 1.54) is 0 Å². The number of quaternary nitrogens is 1. The van der Waals surface area contributed by atoms with Crippen molar-refractivity contribution in [3.63, 3.8) is 0 Å². The summed E-state index contributed by atoms with van der Waals surface area (Å²) in [6, 6.07) is 5.35. The van der Waals surface area contributed by atoms with Gasteiger partial charge in [0, 0.05) is 6.42 Å². The Morgan fingerprint density at radius 3 is 2.29 bits per heavy atom. The minimum Gasteiger partial charge on any atom is -0.544 e. The van der Waals surface area contributed by atoms with Crippen molar-refractivity contribution in [2.75, 3.05) is 0 Å². The molecule has 1 aromatic rings. The van der Waals surface area contributed by atoms with Crippen molar-refractivity contribution in [3.8, 4) is 0 Å². The Hall–Kier alpha value is -1.35. The van der Waals surface area contributed by atoms with Crippen LogP contribution in [0.2, 0.25) is 0 Å². The summed E-state index contributed by atoms with van der Waals surface area (Å²) in [6.45, 7) is 3.99. The number of carboxylic acid groups (broad SMARTS) is 1. The van der Waals surface area contributed by atoms with E-state index in [1.54, 1.807) is 0 Å². The number of carbonyl (C=O) groups is 1. The fraction of sp³-hybridized carbons (Fsp3) is 0.364. The number of aryl methyl sites for hydroxylation is 2. The molecule has 1 atom stereocenters. The van der Waals surface area contributed by atoms with Gasteiger partial charge in [-0.25, -0.2) is 0 Å². The zero-order valence-corrected chi connectivity index (χ0v) is 8.54. The van der Waals surface area contributed by atoms with Crippen molar-refractivity contribution in [2.24, 2.45) is 0 Å². The maximum absolute atomic E-state index is 10.5. The number of hydrogen-bond donors (Lipinski definition) is 1. The van der Waals surface area contributed by atoms with E-state index in [1.807, 2.05) is 26.0 Å². The number of carbonyl (C=O) groups excluding carboxylic acids is 1. The Morgan fingerprint density at radius 2 is 1.86 bits per heavy atom. The largest absolute Gasteiger partial charge is 0.544 e. The highest BCUT2D eigenvalue weighted by Gasteiger charge is 2.08. The van der Waals surface area contributed by atoms with Gasteiger partial charge in [-0.3, -0.25) is 0 Å². The van der Waals surface area contributed by atoms with Gasteiger partial charge >= 0.3 is 0 Å². The van der Waals surface area contributed by atoms with Gasteiger partial charge < -0.3 is 15.6 Å². The molecular formula is C11H15NO2. The molecule has 14 heavy (non-hydrogen) atoms. The number of benzene rings is 1. The van der Waals surface area contributed by atoms with Crippen molar-refractivity contribution < 1.29 is 15.6 Å². The molecule has 0 spiro atoms. The van der Waals surface area contributed by atoms with Crippen LogP contribution in [0.3, 0.4) is 0 Å². The number of rotatable bonds is 3. The van der Waals surface area contributed by atoms with Gasteiger partial charge in [-0.1, -0.05) is 29.3 Å². The molecule has 0 bridgehead atoms. The molecule has 0 saturated heterocycles. The van der Waals surface area contributed by atoms with Crippen LogP contribution >= 0.6 is 0 Å². The Bertz CT molecular complexity index is 327. The van der Waals surface area contributed by atoms with Gasteiger partial charge in [0.05, 0.1) is 5.97 Å². The van der Waals surface area contributed by atoms with Crippen molar-refractivity contribution in [2.45, 2.75) is 26.3 Å². The Kier molecular flexibility index (Phi) is 3.25. The lowest BCUT2D eigenvalue weighted by Crippen LogP contribution is -2.69. The van der Waals surface area contributed by atoms with Gasteiger partial charge in [0.15, 0.2) is 0 Å². The number of aliphatic carboxylic acids is 1. The first-order chi connectivity index (χ1) is 6.49. The Balaban J connectivity index is 2.81. The number of hydrogen-bond acceptors (Lipinski definition) is 2. The molecule has 3 nitrogen and oxygen atoms in total. The molecule has 0 saturated carbocycles. The van der Waals surface area contributed by atoms with Crippen LogP contribution in [0.4, 0.5) is 0 Å². The summed E-state index contributed by atoms with van der Waals surface area (Å²) in [4.78, 5) is 10.5. The molecule has 3 heteroatoms. The predicted octanol–water partition coefficient (Wildman–Crippen LogP) is -0.794. The first-order valence-corrected chi connectivity index (χ1v) is 4.60. The SMILES string of the molecule is Cc1cc(C)cc(C[C@@H]([NH3+])C(=O)[O-])c1. The second-order valence-electron chi connectivity index (χ2n) is 3.72. The third-order valence-electron chi connectivity index (χ3n) is 2.10. The van der Waals surface area contributed by atoms with Gasteiger partial charge in [0.25, 0.3) is 0 Å². The minimum atomic E-state index is -1.09. The maximum atomic E-state index is 10.5. The topological polar surface area (TPSA) is 67.8 Å².